The lowest BCUT2D eigenvalue weighted by Gasteiger charge is -2.27. The van der Waals surface area contributed by atoms with E-state index in [0.717, 1.165) is 0 Å². The number of nitrogens with one attached hydrogen (secondary N) is 1. The number of nitrogens with zero attached hydrogens (tertiary/aromatic N) is 1. The smallest absolute Gasteiger partial charge is 0.309 e. The van der Waals surface area contributed by atoms with Crippen molar-refractivity contribution in [1.29, 1.82) is 0 Å². The van der Waals surface area contributed by atoms with Crippen LogP contribution in [0.4, 0.5) is 5.69 Å². The number of hydrogen-bond donors (Lipinski definition) is 2. The van der Waals surface area contributed by atoms with Gasteiger partial charge in [0.05, 0.1) is 18.6 Å². The number of benzene rings is 1. The van der Waals surface area contributed by atoms with Crippen LogP contribution in [0.2, 0.25) is 0 Å². The Hall–Kier alpha value is -2.41. The molecule has 0 unspecified atom stereocenters. The first kappa shape index (κ1) is 18.9. The van der Waals surface area contributed by atoms with Crippen LogP contribution >= 0.6 is 0 Å². The summed E-state index contributed by atoms with van der Waals surface area (Å²) in [5.41, 5.74) is 0.558. The number of carboxylic acid groups (broad SMARTS) is 1. The van der Waals surface area contributed by atoms with Crippen molar-refractivity contribution in [3.63, 3.8) is 0 Å². The molecule has 2 rings (SSSR count). The lowest BCUT2D eigenvalue weighted by Crippen LogP contribution is -2.41. The average molecular weight is 348 g/mol. The van der Waals surface area contributed by atoms with Crippen molar-refractivity contribution in [2.45, 2.75) is 27.2 Å². The van der Waals surface area contributed by atoms with E-state index in [1.165, 1.54) is 13.8 Å². The molecule has 0 aliphatic carbocycles. The van der Waals surface area contributed by atoms with Gasteiger partial charge in [-0.2, -0.15) is 0 Å². The van der Waals surface area contributed by atoms with Gasteiger partial charge in [-0.25, -0.2) is 0 Å². The summed E-state index contributed by atoms with van der Waals surface area (Å²) in [6, 6.07) is 5.14. The lowest BCUT2D eigenvalue weighted by atomic mass is 9.89. The highest BCUT2D eigenvalue weighted by Gasteiger charge is 2.30. The summed E-state index contributed by atoms with van der Waals surface area (Å²) >= 11 is 0. The summed E-state index contributed by atoms with van der Waals surface area (Å²) in [5.74, 6) is -1.52. The van der Waals surface area contributed by atoms with Crippen LogP contribution in [0.15, 0.2) is 18.2 Å². The first-order valence-corrected chi connectivity index (χ1v) is 8.22. The summed E-state index contributed by atoms with van der Waals surface area (Å²) in [4.78, 5) is 37.7. The minimum Gasteiger partial charge on any atom is -0.481 e. The average Bonchev–Trinajstić information content (AvgIpc) is 2.56. The van der Waals surface area contributed by atoms with E-state index >= 15 is 0 Å². The molecule has 7 heteroatoms. The quantitative estimate of drug-likeness (QED) is 0.847. The Morgan fingerprint density at radius 2 is 1.88 bits per heavy atom. The number of hydrogen-bond acceptors (Lipinski definition) is 4. The molecule has 136 valence electrons. The molecule has 0 spiro atoms. The SMILES string of the molecule is Cc1c(NC(=O)CC(C)(C)C(=O)O)cccc1C(=O)N1CCOCC1. The molecule has 1 fully saturated rings. The van der Waals surface area contributed by atoms with Gasteiger partial charge in [-0.1, -0.05) is 6.07 Å². The Bertz CT molecular complexity index is 678. The van der Waals surface area contributed by atoms with Crippen LogP contribution in [-0.2, 0) is 14.3 Å². The van der Waals surface area contributed by atoms with Crippen LogP contribution in [0, 0.1) is 12.3 Å². The number of amides is 2. The fourth-order valence-corrected chi connectivity index (χ4v) is 2.61. The zero-order chi connectivity index (χ0) is 18.6. The molecule has 2 N–H and O–H groups in total. The molecule has 0 radical (unpaired) electrons. The Morgan fingerprint density at radius 3 is 2.48 bits per heavy atom. The van der Waals surface area contributed by atoms with Gasteiger partial charge in [-0.3, -0.25) is 14.4 Å². The molecule has 1 heterocycles. The van der Waals surface area contributed by atoms with Crippen molar-refractivity contribution in [1.82, 2.24) is 4.90 Å². The van der Waals surface area contributed by atoms with Gasteiger partial charge in [0.25, 0.3) is 5.91 Å². The van der Waals surface area contributed by atoms with Crippen molar-refractivity contribution in [3.8, 4) is 0 Å². The number of aliphatic carboxylic acids is 1. The molecule has 2 amide bonds. The maximum Gasteiger partial charge on any atom is 0.309 e. The summed E-state index contributed by atoms with van der Waals surface area (Å²) in [6.07, 6.45) is -0.149. The molecule has 1 aliphatic heterocycles. The fourth-order valence-electron chi connectivity index (χ4n) is 2.61. The molecule has 0 bridgehead atoms. The predicted molar refractivity (Wildman–Crippen MR) is 92.6 cm³/mol. The molecular formula is C18H24N2O5. The van der Waals surface area contributed by atoms with E-state index in [0.29, 0.717) is 43.1 Å². The highest BCUT2D eigenvalue weighted by atomic mass is 16.5. The maximum atomic E-state index is 12.7. The van der Waals surface area contributed by atoms with Crippen LogP contribution in [0.5, 0.6) is 0 Å². The van der Waals surface area contributed by atoms with Crippen LogP contribution in [0.1, 0.15) is 36.2 Å². The van der Waals surface area contributed by atoms with Crippen LogP contribution in [0.25, 0.3) is 0 Å². The van der Waals surface area contributed by atoms with Crippen molar-refractivity contribution in [2.24, 2.45) is 5.41 Å². The molecule has 1 aliphatic rings. The predicted octanol–water partition coefficient (Wildman–Crippen LogP) is 1.91. The highest BCUT2D eigenvalue weighted by molar-refractivity contribution is 6.00. The van der Waals surface area contributed by atoms with Gasteiger partial charge < -0.3 is 20.1 Å². The van der Waals surface area contributed by atoms with E-state index in [9.17, 15) is 14.4 Å². The minimum absolute atomic E-state index is 0.0947. The van der Waals surface area contributed by atoms with E-state index in [-0.39, 0.29) is 12.3 Å². The van der Waals surface area contributed by atoms with E-state index in [4.69, 9.17) is 9.84 Å². The van der Waals surface area contributed by atoms with Crippen molar-refractivity contribution in [2.75, 3.05) is 31.6 Å². The third-order valence-electron chi connectivity index (χ3n) is 4.32. The second-order valence-corrected chi connectivity index (χ2v) is 6.80. The normalized spacial score (nSPS) is 14.9. The van der Waals surface area contributed by atoms with Crippen LogP contribution in [-0.4, -0.2) is 54.1 Å². The van der Waals surface area contributed by atoms with E-state index < -0.39 is 17.3 Å². The van der Waals surface area contributed by atoms with E-state index in [1.807, 2.05) is 0 Å². The van der Waals surface area contributed by atoms with E-state index in [2.05, 4.69) is 5.32 Å². The second-order valence-electron chi connectivity index (χ2n) is 6.80. The number of rotatable bonds is 5. The molecule has 0 aromatic heterocycles. The number of carboxylic acids is 1. The zero-order valence-electron chi connectivity index (χ0n) is 14.8. The van der Waals surface area contributed by atoms with Gasteiger partial charge in [0.15, 0.2) is 0 Å². The summed E-state index contributed by atoms with van der Waals surface area (Å²) in [6.45, 7) is 6.90. The van der Waals surface area contributed by atoms with Gasteiger partial charge in [0.2, 0.25) is 5.91 Å². The first-order valence-electron chi connectivity index (χ1n) is 8.22. The van der Waals surface area contributed by atoms with Gasteiger partial charge in [-0.15, -0.1) is 0 Å². The van der Waals surface area contributed by atoms with Gasteiger partial charge >= 0.3 is 5.97 Å². The summed E-state index contributed by atoms with van der Waals surface area (Å²) in [5, 5.41) is 11.9. The second kappa shape index (κ2) is 7.65. The van der Waals surface area contributed by atoms with E-state index in [1.54, 1.807) is 30.0 Å². The van der Waals surface area contributed by atoms with Crippen molar-refractivity contribution in [3.05, 3.63) is 29.3 Å². The monoisotopic (exact) mass is 348 g/mol. The fraction of sp³-hybridized carbons (Fsp3) is 0.500. The Kier molecular flexibility index (Phi) is 5.79. The Balaban J connectivity index is 2.13. The third-order valence-corrected chi connectivity index (χ3v) is 4.32. The number of morpholine rings is 1. The molecule has 1 aromatic carbocycles. The molecule has 1 aromatic rings. The number of anilines is 1. The zero-order valence-corrected chi connectivity index (χ0v) is 14.8. The van der Waals surface area contributed by atoms with Gasteiger partial charge in [0.1, 0.15) is 0 Å². The summed E-state index contributed by atoms with van der Waals surface area (Å²) < 4.78 is 5.26. The number of carbonyl (C=O) groups excluding carboxylic acids is 2. The van der Waals surface area contributed by atoms with Crippen molar-refractivity contribution < 1.29 is 24.2 Å². The van der Waals surface area contributed by atoms with Gasteiger partial charge in [0, 0.05) is 30.8 Å². The number of ether oxygens (including phenoxy) is 1. The molecular weight excluding hydrogens is 324 g/mol. The number of carbonyl (C=O) groups is 3. The highest BCUT2D eigenvalue weighted by Crippen LogP contribution is 2.24. The largest absolute Gasteiger partial charge is 0.481 e. The molecule has 25 heavy (non-hydrogen) atoms. The molecule has 0 atom stereocenters. The van der Waals surface area contributed by atoms with Gasteiger partial charge in [-0.05, 0) is 38.5 Å². The molecule has 1 saturated heterocycles. The first-order chi connectivity index (χ1) is 11.7. The molecule has 7 nitrogen and oxygen atoms in total. The summed E-state index contributed by atoms with van der Waals surface area (Å²) in [7, 11) is 0. The Morgan fingerprint density at radius 1 is 1.24 bits per heavy atom. The minimum atomic E-state index is -1.15. The standard InChI is InChI=1S/C18H24N2O5/c1-12-13(16(22)20-7-9-25-10-8-20)5-4-6-14(12)19-15(21)11-18(2,3)17(23)24/h4-6H,7-11H2,1-3H3,(H,19,21)(H,23,24). The topological polar surface area (TPSA) is 95.9 Å². The van der Waals surface area contributed by atoms with Crippen LogP contribution in [0.3, 0.4) is 0 Å². The molecule has 0 saturated carbocycles. The lowest BCUT2D eigenvalue weighted by molar-refractivity contribution is -0.148. The van der Waals surface area contributed by atoms with Crippen molar-refractivity contribution >= 4 is 23.5 Å². The maximum absolute atomic E-state index is 12.7. The Labute approximate surface area is 147 Å². The van der Waals surface area contributed by atoms with Crippen LogP contribution < -0.4 is 5.32 Å². The third kappa shape index (κ3) is 4.57.